The van der Waals surface area contributed by atoms with E-state index in [0.717, 1.165) is 34.0 Å². The fourth-order valence-electron chi connectivity index (χ4n) is 3.80. The third-order valence-corrected chi connectivity index (χ3v) is 5.27. The lowest BCUT2D eigenvalue weighted by Crippen LogP contribution is -2.17. The van der Waals surface area contributed by atoms with Crippen LogP contribution in [0, 0.1) is 40.0 Å². The number of hydrogen-bond acceptors (Lipinski definition) is 2. The first-order valence-corrected chi connectivity index (χ1v) is 10.9. The second kappa shape index (κ2) is 10.1. The smallest absolute Gasteiger partial charge is 0.0544 e. The Morgan fingerprint density at radius 1 is 0.875 bits per heavy atom. The zero-order valence-corrected chi connectivity index (χ0v) is 20.0. The van der Waals surface area contributed by atoms with Crippen molar-refractivity contribution in [2.75, 3.05) is 10.2 Å². The second-order valence-corrected chi connectivity index (χ2v) is 8.58. The largest absolute Gasteiger partial charge is 0.355 e. The Morgan fingerprint density at radius 3 is 2.19 bits per heavy atom. The summed E-state index contributed by atoms with van der Waals surface area (Å²) in [7, 11) is 0. The van der Waals surface area contributed by atoms with Gasteiger partial charge in [-0.15, -0.1) is 6.42 Å². The fraction of sp³-hybridized carbons (Fsp3) is 0.200. The zero-order chi connectivity index (χ0) is 23.3. The van der Waals surface area contributed by atoms with Crippen LogP contribution in [0.15, 0.2) is 84.1 Å². The molecular weight excluding hydrogens is 388 g/mol. The molecule has 0 atom stereocenters. The third-order valence-electron chi connectivity index (χ3n) is 5.27. The highest BCUT2D eigenvalue weighted by atomic mass is 15.1. The molecule has 0 spiro atoms. The van der Waals surface area contributed by atoms with Crippen molar-refractivity contribution >= 4 is 22.7 Å². The van der Waals surface area contributed by atoms with Crippen LogP contribution in [0.25, 0.3) is 0 Å². The zero-order valence-electron chi connectivity index (χ0n) is 20.0. The van der Waals surface area contributed by atoms with Crippen LogP contribution in [-0.4, -0.2) is 0 Å². The molecule has 0 heterocycles. The molecule has 1 N–H and O–H groups in total. The normalized spacial score (nSPS) is 11.0. The van der Waals surface area contributed by atoms with E-state index in [0.29, 0.717) is 0 Å². The van der Waals surface area contributed by atoms with Crippen LogP contribution in [0.5, 0.6) is 0 Å². The summed E-state index contributed by atoms with van der Waals surface area (Å²) in [5.41, 5.74) is 11.3. The van der Waals surface area contributed by atoms with E-state index >= 15 is 0 Å². The number of nitrogens with one attached hydrogen (secondary N) is 1. The summed E-state index contributed by atoms with van der Waals surface area (Å²) in [6, 6.07) is 21.4. The Balaban J connectivity index is 2.14. The number of hydrogen-bond donors (Lipinski definition) is 1. The molecule has 3 aromatic carbocycles. The maximum absolute atomic E-state index is 5.73. The molecule has 0 saturated heterocycles. The van der Waals surface area contributed by atoms with Crippen LogP contribution >= 0.6 is 0 Å². The van der Waals surface area contributed by atoms with Crippen molar-refractivity contribution in [3.05, 3.63) is 106 Å². The van der Waals surface area contributed by atoms with E-state index in [1.807, 2.05) is 6.08 Å². The molecule has 0 radical (unpaired) electrons. The van der Waals surface area contributed by atoms with Gasteiger partial charge in [0.15, 0.2) is 0 Å². The molecule has 0 aliphatic heterocycles. The highest BCUT2D eigenvalue weighted by molar-refractivity contribution is 5.77. The van der Waals surface area contributed by atoms with Gasteiger partial charge in [-0.3, -0.25) is 0 Å². The molecular formula is C30H32N2. The van der Waals surface area contributed by atoms with Crippen molar-refractivity contribution in [2.24, 2.45) is 0 Å². The van der Waals surface area contributed by atoms with Crippen LogP contribution in [0.3, 0.4) is 0 Å². The van der Waals surface area contributed by atoms with Gasteiger partial charge in [-0.1, -0.05) is 35.8 Å². The van der Waals surface area contributed by atoms with Crippen LogP contribution < -0.4 is 10.2 Å². The van der Waals surface area contributed by atoms with Gasteiger partial charge in [0.1, 0.15) is 0 Å². The van der Waals surface area contributed by atoms with E-state index in [9.17, 15) is 0 Å². The number of anilines is 4. The van der Waals surface area contributed by atoms with Gasteiger partial charge in [0.25, 0.3) is 0 Å². The molecule has 2 nitrogen and oxygen atoms in total. The molecule has 0 amide bonds. The topological polar surface area (TPSA) is 15.3 Å². The van der Waals surface area contributed by atoms with Gasteiger partial charge in [0.05, 0.1) is 5.70 Å². The summed E-state index contributed by atoms with van der Waals surface area (Å²) in [6.07, 6.45) is 9.70. The number of aryl methyl sites for hydroxylation is 4. The van der Waals surface area contributed by atoms with E-state index < -0.39 is 0 Å². The lowest BCUT2D eigenvalue weighted by molar-refractivity contribution is 1.16. The van der Waals surface area contributed by atoms with Crippen LogP contribution in [0.4, 0.5) is 22.7 Å². The van der Waals surface area contributed by atoms with Gasteiger partial charge in [-0.2, -0.15) is 0 Å². The number of nitrogens with zero attached hydrogens (tertiary/aromatic N) is 1. The van der Waals surface area contributed by atoms with Crippen LogP contribution in [0.2, 0.25) is 0 Å². The van der Waals surface area contributed by atoms with Crippen LogP contribution in [-0.2, 0) is 0 Å². The number of terminal acetylenes is 1. The second-order valence-electron chi connectivity index (χ2n) is 8.58. The summed E-state index contributed by atoms with van der Waals surface area (Å²) in [5.74, 6) is 2.73. The summed E-state index contributed by atoms with van der Waals surface area (Å²) in [4.78, 5) is 2.25. The molecule has 3 rings (SSSR count). The van der Waals surface area contributed by atoms with Crippen molar-refractivity contribution < 1.29 is 0 Å². The van der Waals surface area contributed by atoms with Gasteiger partial charge in [0.2, 0.25) is 0 Å². The number of rotatable bonds is 6. The molecule has 0 bridgehead atoms. The average molecular weight is 421 g/mol. The highest BCUT2D eigenvalue weighted by Crippen LogP contribution is 2.37. The monoisotopic (exact) mass is 420 g/mol. The SMILES string of the molecule is C#C/C=C(\C=C(C)C)N(c1cccc(C)c1)c1cc(C)c(Nc2cccc(C)c2)cc1C. The number of benzene rings is 3. The summed E-state index contributed by atoms with van der Waals surface area (Å²) >= 11 is 0. The molecule has 0 aliphatic carbocycles. The average Bonchev–Trinajstić information content (AvgIpc) is 2.71. The van der Waals surface area contributed by atoms with Gasteiger partial charge in [-0.05, 0) is 106 Å². The van der Waals surface area contributed by atoms with Gasteiger partial charge >= 0.3 is 0 Å². The van der Waals surface area contributed by atoms with Crippen molar-refractivity contribution in [3.63, 3.8) is 0 Å². The minimum atomic E-state index is 0.972. The van der Waals surface area contributed by atoms with Crippen molar-refractivity contribution in [3.8, 4) is 12.3 Å². The summed E-state index contributed by atoms with van der Waals surface area (Å²) in [5, 5.41) is 3.58. The highest BCUT2D eigenvalue weighted by Gasteiger charge is 2.17. The van der Waals surface area contributed by atoms with E-state index in [2.05, 4.69) is 124 Å². The Hall–Kier alpha value is -3.70. The van der Waals surface area contributed by atoms with E-state index in [1.54, 1.807) is 0 Å². The van der Waals surface area contributed by atoms with Crippen molar-refractivity contribution in [1.29, 1.82) is 0 Å². The molecule has 0 unspecified atom stereocenters. The maximum atomic E-state index is 5.73. The summed E-state index contributed by atoms with van der Waals surface area (Å²) < 4.78 is 0. The molecule has 0 aliphatic rings. The molecule has 0 fully saturated rings. The minimum absolute atomic E-state index is 0.972. The Kier molecular flexibility index (Phi) is 7.23. The van der Waals surface area contributed by atoms with E-state index in [-0.39, 0.29) is 0 Å². The minimum Gasteiger partial charge on any atom is -0.355 e. The molecule has 0 saturated carbocycles. The summed E-state index contributed by atoms with van der Waals surface area (Å²) in [6.45, 7) is 12.7. The lowest BCUT2D eigenvalue weighted by atomic mass is 10.0. The van der Waals surface area contributed by atoms with Gasteiger partial charge in [-0.25, -0.2) is 0 Å². The molecule has 162 valence electrons. The quantitative estimate of drug-likeness (QED) is 0.319. The van der Waals surface area contributed by atoms with Gasteiger partial charge in [0, 0.05) is 28.8 Å². The standard InChI is InChI=1S/C30H32N2/c1-8-11-27(16-21(2)3)32(28-15-10-13-23(5)18-28)30-20-24(6)29(19-25(30)7)31-26-14-9-12-22(4)17-26/h1,9-20,31H,2-7H3/b27-11+. The van der Waals surface area contributed by atoms with Crippen molar-refractivity contribution in [2.45, 2.75) is 41.5 Å². The predicted octanol–water partition coefficient (Wildman–Crippen LogP) is 8.29. The first-order chi connectivity index (χ1) is 15.3. The first-order valence-electron chi connectivity index (χ1n) is 10.9. The third kappa shape index (κ3) is 5.50. The molecule has 32 heavy (non-hydrogen) atoms. The molecule has 2 heteroatoms. The van der Waals surface area contributed by atoms with Crippen LogP contribution in [0.1, 0.15) is 36.1 Å². The van der Waals surface area contributed by atoms with E-state index in [1.165, 1.54) is 22.3 Å². The molecule has 0 aromatic heterocycles. The number of allylic oxidation sites excluding steroid dienone is 3. The molecule has 3 aromatic rings. The van der Waals surface area contributed by atoms with E-state index in [4.69, 9.17) is 6.42 Å². The Morgan fingerprint density at radius 2 is 1.56 bits per heavy atom. The maximum Gasteiger partial charge on any atom is 0.0544 e. The Bertz CT molecular complexity index is 1220. The predicted molar refractivity (Wildman–Crippen MR) is 140 cm³/mol. The van der Waals surface area contributed by atoms with Gasteiger partial charge < -0.3 is 10.2 Å². The van der Waals surface area contributed by atoms with Crippen molar-refractivity contribution in [1.82, 2.24) is 0 Å². The Labute approximate surface area is 193 Å². The lowest BCUT2D eigenvalue weighted by Gasteiger charge is -2.29. The first kappa shape index (κ1) is 23.0. The fourth-order valence-corrected chi connectivity index (χ4v) is 3.80.